The summed E-state index contributed by atoms with van der Waals surface area (Å²) in [5.74, 6) is -0.412. The molecule has 0 N–H and O–H groups in total. The smallest absolute Gasteiger partial charge is 0.748 e. The standard InChI is InChI=1S/C4H10O5S2.Na/c1-10-9-8-3-2-4-11(5,6)7;/h2-4H2,1H3,(H,5,6,7);/q;+1/p-1. The van der Waals surface area contributed by atoms with Crippen LogP contribution < -0.4 is 29.6 Å². The van der Waals surface area contributed by atoms with E-state index < -0.39 is 15.9 Å². The van der Waals surface area contributed by atoms with Gasteiger partial charge in [-0.3, -0.25) is 0 Å². The van der Waals surface area contributed by atoms with Crippen LogP contribution in [0.5, 0.6) is 0 Å². The van der Waals surface area contributed by atoms with Crippen molar-refractivity contribution in [2.75, 3.05) is 18.6 Å². The Balaban J connectivity index is 0. The van der Waals surface area contributed by atoms with Gasteiger partial charge >= 0.3 is 29.6 Å². The van der Waals surface area contributed by atoms with Crippen molar-refractivity contribution in [1.82, 2.24) is 0 Å². The molecule has 68 valence electrons. The summed E-state index contributed by atoms with van der Waals surface area (Å²) in [6.45, 7) is 0.113. The van der Waals surface area contributed by atoms with Crippen LogP contribution in [0.3, 0.4) is 0 Å². The molecule has 0 aliphatic rings. The fourth-order valence-corrected chi connectivity index (χ4v) is 1.01. The second-order valence-corrected chi connectivity index (χ2v) is 3.67. The van der Waals surface area contributed by atoms with Crippen LogP contribution in [-0.2, 0) is 19.3 Å². The molecule has 0 heterocycles. The van der Waals surface area contributed by atoms with Gasteiger partial charge < -0.3 is 4.55 Å². The third kappa shape index (κ3) is 13.7. The summed E-state index contributed by atoms with van der Waals surface area (Å²) in [5.41, 5.74) is 0. The molecule has 0 atom stereocenters. The van der Waals surface area contributed by atoms with E-state index in [4.69, 9.17) is 0 Å². The third-order valence-electron chi connectivity index (χ3n) is 0.738. The molecule has 5 nitrogen and oxygen atoms in total. The van der Waals surface area contributed by atoms with Crippen LogP contribution in [0.4, 0.5) is 0 Å². The minimum Gasteiger partial charge on any atom is -0.748 e. The van der Waals surface area contributed by atoms with Gasteiger partial charge in [-0.25, -0.2) is 13.3 Å². The van der Waals surface area contributed by atoms with Gasteiger partial charge in [0.1, 0.15) is 0 Å². The Morgan fingerprint density at radius 2 is 2.08 bits per heavy atom. The third-order valence-corrected chi connectivity index (χ3v) is 1.76. The molecular formula is C4H9NaO5S2. The van der Waals surface area contributed by atoms with Gasteiger partial charge in [-0.05, 0) is 6.42 Å². The van der Waals surface area contributed by atoms with Gasteiger partial charge in [0.2, 0.25) is 0 Å². The predicted molar refractivity (Wildman–Crippen MR) is 39.7 cm³/mol. The van der Waals surface area contributed by atoms with Crippen molar-refractivity contribution in [2.45, 2.75) is 6.42 Å². The average Bonchev–Trinajstić information content (AvgIpc) is 1.85. The first-order valence-corrected chi connectivity index (χ1v) is 5.55. The monoisotopic (exact) mass is 224 g/mol. The van der Waals surface area contributed by atoms with Crippen LogP contribution in [0.2, 0.25) is 0 Å². The van der Waals surface area contributed by atoms with E-state index in [-0.39, 0.29) is 42.6 Å². The summed E-state index contributed by atoms with van der Waals surface area (Å²) < 4.78 is 34.4. The maximum absolute atomic E-state index is 10.0. The summed E-state index contributed by atoms with van der Waals surface area (Å²) in [5, 5.41) is 0. The molecule has 0 radical (unpaired) electrons. The van der Waals surface area contributed by atoms with E-state index in [0.717, 1.165) is 12.0 Å². The zero-order valence-electron chi connectivity index (χ0n) is 6.98. The number of hydrogen-bond acceptors (Lipinski definition) is 6. The van der Waals surface area contributed by atoms with Crippen molar-refractivity contribution >= 4 is 22.2 Å². The Labute approximate surface area is 98.4 Å². The van der Waals surface area contributed by atoms with E-state index in [1.807, 2.05) is 0 Å². The maximum atomic E-state index is 10.0. The maximum Gasteiger partial charge on any atom is 1.00 e. The van der Waals surface area contributed by atoms with Crippen LogP contribution in [-0.4, -0.2) is 31.6 Å². The molecule has 0 rings (SSSR count). The summed E-state index contributed by atoms with van der Waals surface area (Å²) in [6, 6.07) is 0. The van der Waals surface area contributed by atoms with E-state index in [2.05, 4.69) is 9.22 Å². The van der Waals surface area contributed by atoms with Crippen molar-refractivity contribution in [3.63, 3.8) is 0 Å². The van der Waals surface area contributed by atoms with E-state index in [0.29, 0.717) is 0 Å². The molecule has 8 heteroatoms. The largest absolute Gasteiger partial charge is 1.00 e. The second-order valence-electron chi connectivity index (χ2n) is 1.67. The van der Waals surface area contributed by atoms with Crippen molar-refractivity contribution in [3.05, 3.63) is 0 Å². The molecule has 0 saturated heterocycles. The van der Waals surface area contributed by atoms with Crippen LogP contribution in [0.15, 0.2) is 0 Å². The molecule has 0 amide bonds. The summed E-state index contributed by atoms with van der Waals surface area (Å²) in [6.07, 6.45) is 1.82. The van der Waals surface area contributed by atoms with E-state index in [1.54, 1.807) is 6.26 Å². The van der Waals surface area contributed by atoms with E-state index >= 15 is 0 Å². The van der Waals surface area contributed by atoms with Crippen molar-refractivity contribution in [1.29, 1.82) is 0 Å². The SMILES string of the molecule is CSOOCCCS(=O)(=O)[O-].[Na+]. The summed E-state index contributed by atoms with van der Waals surface area (Å²) in [4.78, 5) is 4.44. The summed E-state index contributed by atoms with van der Waals surface area (Å²) in [7, 11) is -4.10. The van der Waals surface area contributed by atoms with Gasteiger partial charge in [0.05, 0.1) is 16.7 Å². The average molecular weight is 224 g/mol. The Morgan fingerprint density at radius 1 is 1.50 bits per heavy atom. The molecule has 0 aromatic heterocycles. The first-order chi connectivity index (χ1) is 5.06. The molecule has 0 bridgehead atoms. The second kappa shape index (κ2) is 8.76. The fraction of sp³-hybridized carbons (Fsp3) is 1.00. The molecule has 0 spiro atoms. The zero-order chi connectivity index (χ0) is 8.74. The van der Waals surface area contributed by atoms with Crippen LogP contribution >= 0.6 is 12.0 Å². The van der Waals surface area contributed by atoms with Gasteiger partial charge in [0.15, 0.2) is 0 Å². The first-order valence-electron chi connectivity index (χ1n) is 2.82. The van der Waals surface area contributed by atoms with Gasteiger partial charge in [0, 0.05) is 24.1 Å². The molecule has 12 heavy (non-hydrogen) atoms. The van der Waals surface area contributed by atoms with Crippen molar-refractivity contribution in [2.24, 2.45) is 0 Å². The van der Waals surface area contributed by atoms with Gasteiger partial charge in [0.25, 0.3) is 0 Å². The number of hydrogen-bond donors (Lipinski definition) is 0. The topological polar surface area (TPSA) is 75.7 Å². The quantitative estimate of drug-likeness (QED) is 0.121. The Kier molecular flexibility index (Phi) is 11.4. The Morgan fingerprint density at radius 3 is 2.50 bits per heavy atom. The Bertz CT molecular complexity index is 180. The number of rotatable bonds is 6. The van der Waals surface area contributed by atoms with E-state index in [9.17, 15) is 13.0 Å². The van der Waals surface area contributed by atoms with Gasteiger partial charge in [-0.1, -0.05) is 0 Å². The van der Waals surface area contributed by atoms with Crippen molar-refractivity contribution < 1.29 is 51.7 Å². The normalized spacial score (nSPS) is 10.8. The predicted octanol–water partition coefficient (Wildman–Crippen LogP) is -2.85. The van der Waals surface area contributed by atoms with Gasteiger partial charge in [-0.2, -0.15) is 4.33 Å². The van der Waals surface area contributed by atoms with Crippen LogP contribution in [0.1, 0.15) is 6.42 Å². The fourth-order valence-electron chi connectivity index (χ4n) is 0.377. The van der Waals surface area contributed by atoms with Gasteiger partial charge in [-0.15, -0.1) is 0 Å². The van der Waals surface area contributed by atoms with Crippen LogP contribution in [0.25, 0.3) is 0 Å². The molecule has 0 aliphatic heterocycles. The first kappa shape index (κ1) is 15.6. The molecule has 0 aliphatic carbocycles. The molecule has 0 unspecified atom stereocenters. The molecule has 0 saturated carbocycles. The zero-order valence-corrected chi connectivity index (χ0v) is 10.6. The van der Waals surface area contributed by atoms with E-state index in [1.165, 1.54) is 0 Å². The van der Waals surface area contributed by atoms with Crippen molar-refractivity contribution in [3.8, 4) is 0 Å². The summed E-state index contributed by atoms with van der Waals surface area (Å²) >= 11 is 1.01. The molecule has 0 aromatic carbocycles. The molecule has 0 fully saturated rings. The molecule has 0 aromatic rings. The Hall–Kier alpha value is 1.18. The minimum atomic E-state index is -4.10. The minimum absolute atomic E-state index is 0. The van der Waals surface area contributed by atoms with Crippen LogP contribution in [0, 0.1) is 0 Å². The molecular weight excluding hydrogens is 215 g/mol.